The molecule has 0 atom stereocenters. The first-order valence-corrected chi connectivity index (χ1v) is 11.0. The minimum Gasteiger partial charge on any atom is -0.436 e. The van der Waals surface area contributed by atoms with Crippen molar-refractivity contribution >= 4 is 29.3 Å². The molecule has 168 valence electrons. The van der Waals surface area contributed by atoms with E-state index in [1.807, 2.05) is 18.2 Å². The lowest BCUT2D eigenvalue weighted by atomic mass is 10.00. The molecule has 6 nitrogen and oxygen atoms in total. The summed E-state index contributed by atoms with van der Waals surface area (Å²) < 4.78 is 23.5. The van der Waals surface area contributed by atoms with Crippen LogP contribution in [0, 0.1) is 0 Å². The van der Waals surface area contributed by atoms with Crippen LogP contribution in [-0.2, 0) is 4.74 Å². The molecule has 8 heteroatoms. The third kappa shape index (κ3) is 8.40. The van der Waals surface area contributed by atoms with Crippen LogP contribution in [0.3, 0.4) is 0 Å². The van der Waals surface area contributed by atoms with E-state index in [0.717, 1.165) is 12.2 Å². The summed E-state index contributed by atoms with van der Waals surface area (Å²) in [6.07, 6.45) is 14.8. The van der Waals surface area contributed by atoms with Crippen molar-refractivity contribution in [3.63, 3.8) is 0 Å². The Bertz CT molecular complexity index is 901. The molecule has 0 unspecified atom stereocenters. The van der Waals surface area contributed by atoms with Crippen LogP contribution in [0.25, 0.3) is 5.57 Å². The summed E-state index contributed by atoms with van der Waals surface area (Å²) in [5.74, 6) is -0.354. The lowest BCUT2D eigenvalue weighted by Gasteiger charge is -2.17. The zero-order valence-corrected chi connectivity index (χ0v) is 19.3. The number of allylic oxidation sites excluding steroid dienone is 6. The monoisotopic (exact) mass is 447 g/mol. The molecule has 1 N–H and O–H groups in total. The molecular formula is C23H30FN3O3S. The second kappa shape index (κ2) is 12.5. The molecule has 0 amide bonds. The highest BCUT2D eigenvalue weighted by Crippen LogP contribution is 2.35. The lowest BCUT2D eigenvalue weighted by Crippen LogP contribution is -2.30. The third-order valence-electron chi connectivity index (χ3n) is 4.30. The van der Waals surface area contributed by atoms with Crippen molar-refractivity contribution in [1.82, 2.24) is 4.98 Å². The number of rotatable bonds is 7. The Balaban J connectivity index is 0.000000501. The summed E-state index contributed by atoms with van der Waals surface area (Å²) in [5.41, 5.74) is 1.11. The maximum Gasteiger partial charge on any atom is 0.194 e. The molecule has 3 heterocycles. The fourth-order valence-corrected chi connectivity index (χ4v) is 3.38. The standard InChI is InChI=1S/C18H18FN3O2S.C5H12O/c1-18(2,23)14-7-3-5-12(9-20-14)16-17(24-11-22-16)25-15-8-4-6-13(19)10-21-15;1-3-4-5-6-2/h3,5-6,8-11,23H,4,7H2,1-2H3;3-5H2,1-2H3. The van der Waals surface area contributed by atoms with Gasteiger partial charge in [-0.15, -0.1) is 0 Å². The van der Waals surface area contributed by atoms with Crippen molar-refractivity contribution in [1.29, 1.82) is 0 Å². The van der Waals surface area contributed by atoms with Crippen LogP contribution < -0.4 is 0 Å². The Morgan fingerprint density at radius 3 is 2.81 bits per heavy atom. The van der Waals surface area contributed by atoms with Gasteiger partial charge in [0.05, 0.1) is 17.5 Å². The van der Waals surface area contributed by atoms with Crippen molar-refractivity contribution < 1.29 is 18.7 Å². The summed E-state index contributed by atoms with van der Waals surface area (Å²) >= 11 is 1.28. The van der Waals surface area contributed by atoms with E-state index in [1.165, 1.54) is 43.3 Å². The van der Waals surface area contributed by atoms with E-state index >= 15 is 0 Å². The van der Waals surface area contributed by atoms with Crippen LogP contribution in [-0.4, -0.2) is 41.3 Å². The van der Waals surface area contributed by atoms with Gasteiger partial charge in [-0.05, 0) is 50.6 Å². The maximum atomic E-state index is 13.2. The molecule has 31 heavy (non-hydrogen) atoms. The number of halogens is 1. The van der Waals surface area contributed by atoms with Gasteiger partial charge in [0.1, 0.15) is 16.5 Å². The molecule has 3 rings (SSSR count). The molecule has 0 saturated heterocycles. The molecule has 1 aromatic heterocycles. The molecule has 0 spiro atoms. The largest absolute Gasteiger partial charge is 0.436 e. The van der Waals surface area contributed by atoms with Gasteiger partial charge < -0.3 is 14.3 Å². The van der Waals surface area contributed by atoms with Gasteiger partial charge >= 0.3 is 0 Å². The maximum absolute atomic E-state index is 13.2. The molecule has 0 radical (unpaired) electrons. The van der Waals surface area contributed by atoms with E-state index in [2.05, 4.69) is 21.9 Å². The molecule has 2 aliphatic rings. The molecule has 0 fully saturated rings. The molecule has 1 aromatic rings. The van der Waals surface area contributed by atoms with E-state index in [0.29, 0.717) is 34.4 Å². The minimum atomic E-state index is -0.978. The first-order chi connectivity index (χ1) is 14.8. The number of aliphatic imine (C=N–C) groups is 2. The number of aliphatic hydroxyl groups is 1. The molecule has 2 aliphatic heterocycles. The van der Waals surface area contributed by atoms with Gasteiger partial charge in [-0.3, -0.25) is 4.99 Å². The summed E-state index contributed by atoms with van der Waals surface area (Å²) in [6.45, 7) is 6.48. The number of hydrogen-bond acceptors (Lipinski definition) is 7. The van der Waals surface area contributed by atoms with Gasteiger partial charge in [0, 0.05) is 31.9 Å². The van der Waals surface area contributed by atoms with Crippen LogP contribution in [0.4, 0.5) is 4.39 Å². The van der Waals surface area contributed by atoms with E-state index in [1.54, 1.807) is 27.2 Å². The van der Waals surface area contributed by atoms with Gasteiger partial charge in [0.25, 0.3) is 0 Å². The highest BCUT2D eigenvalue weighted by Gasteiger charge is 2.22. The fourth-order valence-electron chi connectivity index (χ4n) is 2.54. The molecule has 0 aliphatic carbocycles. The van der Waals surface area contributed by atoms with E-state index in [4.69, 9.17) is 9.15 Å². The minimum absolute atomic E-state index is 0.354. The Morgan fingerprint density at radius 2 is 2.13 bits per heavy atom. The quantitative estimate of drug-likeness (QED) is 0.528. The number of hydrogen-bond donors (Lipinski definition) is 1. The van der Waals surface area contributed by atoms with Crippen LogP contribution in [0.2, 0.25) is 0 Å². The first kappa shape index (κ1) is 25.0. The zero-order valence-electron chi connectivity index (χ0n) is 18.5. The summed E-state index contributed by atoms with van der Waals surface area (Å²) in [7, 11) is 1.73. The van der Waals surface area contributed by atoms with E-state index in [-0.39, 0.29) is 5.83 Å². The Morgan fingerprint density at radius 1 is 1.32 bits per heavy atom. The average Bonchev–Trinajstić information content (AvgIpc) is 2.91. The average molecular weight is 448 g/mol. The molecule has 0 saturated carbocycles. The van der Waals surface area contributed by atoms with Crippen LogP contribution in [0.1, 0.15) is 52.1 Å². The van der Waals surface area contributed by atoms with E-state index < -0.39 is 5.60 Å². The van der Waals surface area contributed by atoms with E-state index in [9.17, 15) is 9.50 Å². The number of thioether (sulfide) groups is 1. The molecule has 0 aromatic carbocycles. The summed E-state index contributed by atoms with van der Waals surface area (Å²) in [4.78, 5) is 12.8. The van der Waals surface area contributed by atoms with Gasteiger partial charge in [0.15, 0.2) is 11.5 Å². The Labute approximate surface area is 187 Å². The SMILES string of the molecule is CC(C)(O)C1=NC=C(c2ncoc2SC2=CCC=C(F)C=N2)C=CC1.CCCCOC. The topological polar surface area (TPSA) is 80.2 Å². The summed E-state index contributed by atoms with van der Waals surface area (Å²) in [5, 5.41) is 11.3. The second-order valence-electron chi connectivity index (χ2n) is 7.39. The Hall–Kier alpha value is -2.29. The predicted octanol–water partition coefficient (Wildman–Crippen LogP) is 5.88. The first-order valence-electron chi connectivity index (χ1n) is 10.2. The van der Waals surface area contributed by atoms with Gasteiger partial charge in [-0.2, -0.15) is 0 Å². The Kier molecular flexibility index (Phi) is 10.1. The number of ether oxygens (including phenoxy) is 1. The van der Waals surface area contributed by atoms with Crippen molar-refractivity contribution in [3.05, 3.63) is 53.4 Å². The highest BCUT2D eigenvalue weighted by molar-refractivity contribution is 8.03. The van der Waals surface area contributed by atoms with Crippen molar-refractivity contribution in [2.75, 3.05) is 13.7 Å². The van der Waals surface area contributed by atoms with Crippen LogP contribution in [0.5, 0.6) is 0 Å². The lowest BCUT2D eigenvalue weighted by molar-refractivity contribution is 0.152. The number of oxazole rings is 1. The fraction of sp³-hybridized carbons (Fsp3) is 0.435. The highest BCUT2D eigenvalue weighted by atomic mass is 32.2. The van der Waals surface area contributed by atoms with Crippen molar-refractivity contribution in [3.8, 4) is 0 Å². The predicted molar refractivity (Wildman–Crippen MR) is 125 cm³/mol. The third-order valence-corrected chi connectivity index (χ3v) is 5.26. The summed E-state index contributed by atoms with van der Waals surface area (Å²) in [6, 6.07) is 0. The molecule has 0 bridgehead atoms. The zero-order chi connectivity index (χ0) is 22.7. The number of methoxy groups -OCH3 is 1. The normalized spacial score (nSPS) is 16.3. The number of nitrogens with zero attached hydrogens (tertiary/aromatic N) is 3. The van der Waals surface area contributed by atoms with Gasteiger partial charge in [0.2, 0.25) is 0 Å². The number of aromatic nitrogens is 1. The smallest absolute Gasteiger partial charge is 0.194 e. The number of unbranched alkanes of at least 4 members (excludes halogenated alkanes) is 1. The van der Waals surface area contributed by atoms with Crippen LogP contribution in [0.15, 0.2) is 67.2 Å². The van der Waals surface area contributed by atoms with Gasteiger partial charge in [-0.1, -0.05) is 25.5 Å². The second-order valence-corrected chi connectivity index (χ2v) is 8.38. The van der Waals surface area contributed by atoms with Gasteiger partial charge in [-0.25, -0.2) is 14.4 Å². The van der Waals surface area contributed by atoms with Crippen molar-refractivity contribution in [2.45, 2.75) is 57.1 Å². The molecular weight excluding hydrogens is 417 g/mol. The van der Waals surface area contributed by atoms with Crippen LogP contribution >= 0.6 is 11.8 Å². The van der Waals surface area contributed by atoms with Crippen molar-refractivity contribution in [2.24, 2.45) is 9.98 Å².